The third kappa shape index (κ3) is 3.90. The van der Waals surface area contributed by atoms with Crippen LogP contribution in [0.4, 0.5) is 5.95 Å². The molecule has 4 heteroatoms. The van der Waals surface area contributed by atoms with Crippen molar-refractivity contribution in [3.63, 3.8) is 0 Å². The first-order valence-corrected chi connectivity index (χ1v) is 7.61. The number of anilines is 1. The van der Waals surface area contributed by atoms with Crippen LogP contribution >= 0.6 is 0 Å². The van der Waals surface area contributed by atoms with E-state index in [1.165, 1.54) is 31.2 Å². The van der Waals surface area contributed by atoms with Gasteiger partial charge in [0, 0.05) is 37.6 Å². The van der Waals surface area contributed by atoms with Crippen LogP contribution in [-0.2, 0) is 6.54 Å². The molecule has 0 aromatic carbocycles. The zero-order valence-electron chi connectivity index (χ0n) is 11.8. The van der Waals surface area contributed by atoms with Crippen molar-refractivity contribution in [2.24, 2.45) is 11.8 Å². The Morgan fingerprint density at radius 3 is 2.16 bits per heavy atom. The predicted octanol–water partition coefficient (Wildman–Crippen LogP) is 2.21. The molecule has 19 heavy (non-hydrogen) atoms. The Bertz CT molecular complexity index is 381. The van der Waals surface area contributed by atoms with Crippen LogP contribution in [0.5, 0.6) is 0 Å². The van der Waals surface area contributed by atoms with Crippen molar-refractivity contribution >= 4 is 5.95 Å². The van der Waals surface area contributed by atoms with Crippen LogP contribution in [0.2, 0.25) is 0 Å². The molecule has 1 aromatic rings. The smallest absolute Gasteiger partial charge is 0.225 e. The van der Waals surface area contributed by atoms with E-state index in [4.69, 9.17) is 0 Å². The van der Waals surface area contributed by atoms with E-state index in [0.717, 1.165) is 44.0 Å². The molecule has 2 aliphatic carbocycles. The molecule has 1 heterocycles. The molecular formula is C15H24N4. The van der Waals surface area contributed by atoms with E-state index in [0.29, 0.717) is 0 Å². The van der Waals surface area contributed by atoms with E-state index in [1.54, 1.807) is 0 Å². The van der Waals surface area contributed by atoms with Crippen LogP contribution in [0.3, 0.4) is 0 Å². The number of aromatic nitrogens is 2. The van der Waals surface area contributed by atoms with Crippen molar-refractivity contribution in [2.75, 3.05) is 24.5 Å². The van der Waals surface area contributed by atoms with Gasteiger partial charge in [0.05, 0.1) is 0 Å². The fourth-order valence-corrected chi connectivity index (χ4v) is 2.33. The maximum Gasteiger partial charge on any atom is 0.225 e. The van der Waals surface area contributed by atoms with Gasteiger partial charge in [-0.15, -0.1) is 0 Å². The Morgan fingerprint density at radius 1 is 1.11 bits per heavy atom. The van der Waals surface area contributed by atoms with Gasteiger partial charge in [0.15, 0.2) is 0 Å². The van der Waals surface area contributed by atoms with Gasteiger partial charge in [0.1, 0.15) is 0 Å². The zero-order valence-corrected chi connectivity index (χ0v) is 11.8. The summed E-state index contributed by atoms with van der Waals surface area (Å²) < 4.78 is 0. The number of hydrogen-bond acceptors (Lipinski definition) is 4. The first-order chi connectivity index (χ1) is 9.35. The molecule has 4 nitrogen and oxygen atoms in total. The summed E-state index contributed by atoms with van der Waals surface area (Å²) in [7, 11) is 0. The maximum atomic E-state index is 4.57. The second-order valence-corrected chi connectivity index (χ2v) is 5.96. The summed E-state index contributed by atoms with van der Waals surface area (Å²) in [5, 5.41) is 3.30. The van der Waals surface area contributed by atoms with E-state index in [1.807, 2.05) is 12.4 Å². The molecule has 0 spiro atoms. The fourth-order valence-electron chi connectivity index (χ4n) is 2.33. The van der Waals surface area contributed by atoms with Crippen molar-refractivity contribution < 1.29 is 0 Å². The van der Waals surface area contributed by atoms with Gasteiger partial charge in [-0.25, -0.2) is 9.97 Å². The first-order valence-electron chi connectivity index (χ1n) is 7.61. The lowest BCUT2D eigenvalue weighted by Gasteiger charge is -2.22. The predicted molar refractivity (Wildman–Crippen MR) is 77.1 cm³/mol. The van der Waals surface area contributed by atoms with Gasteiger partial charge in [-0.1, -0.05) is 6.92 Å². The Labute approximate surface area is 115 Å². The fraction of sp³-hybridized carbons (Fsp3) is 0.733. The Morgan fingerprint density at radius 2 is 1.68 bits per heavy atom. The van der Waals surface area contributed by atoms with Crippen molar-refractivity contribution in [3.8, 4) is 0 Å². The molecule has 0 amide bonds. The highest BCUT2D eigenvalue weighted by Gasteiger charge is 2.30. The summed E-state index contributed by atoms with van der Waals surface area (Å²) in [5.74, 6) is 2.71. The molecule has 0 atom stereocenters. The molecule has 1 aromatic heterocycles. The van der Waals surface area contributed by atoms with E-state index in [-0.39, 0.29) is 0 Å². The van der Waals surface area contributed by atoms with Crippen LogP contribution in [-0.4, -0.2) is 29.6 Å². The normalized spacial score (nSPS) is 18.6. The Hall–Kier alpha value is -1.16. The second-order valence-electron chi connectivity index (χ2n) is 5.96. The van der Waals surface area contributed by atoms with Crippen LogP contribution < -0.4 is 10.2 Å². The summed E-state index contributed by atoms with van der Waals surface area (Å²) in [4.78, 5) is 11.5. The molecule has 0 aliphatic heterocycles. The van der Waals surface area contributed by atoms with Gasteiger partial charge < -0.3 is 10.2 Å². The summed E-state index contributed by atoms with van der Waals surface area (Å²) in [5.41, 5.74) is 1.17. The minimum atomic E-state index is 0.863. The Kier molecular flexibility index (Phi) is 3.97. The molecule has 0 radical (unpaired) electrons. The van der Waals surface area contributed by atoms with Gasteiger partial charge in [0.2, 0.25) is 5.95 Å². The third-order valence-electron chi connectivity index (χ3n) is 3.90. The average molecular weight is 260 g/mol. The van der Waals surface area contributed by atoms with Gasteiger partial charge in [-0.3, -0.25) is 0 Å². The molecule has 3 rings (SSSR count). The lowest BCUT2D eigenvalue weighted by atomic mass is 10.3. The summed E-state index contributed by atoms with van der Waals surface area (Å²) in [6.45, 7) is 6.27. The highest BCUT2D eigenvalue weighted by Crippen LogP contribution is 2.34. The van der Waals surface area contributed by atoms with Crippen molar-refractivity contribution in [2.45, 2.75) is 39.2 Å². The SMILES string of the molecule is CCNCc1cnc(N(CC2CC2)CC2CC2)nc1. The van der Waals surface area contributed by atoms with Gasteiger partial charge >= 0.3 is 0 Å². The Balaban J connectivity index is 1.62. The molecular weight excluding hydrogens is 236 g/mol. The molecule has 0 saturated heterocycles. The highest BCUT2D eigenvalue weighted by atomic mass is 15.3. The van der Waals surface area contributed by atoms with Gasteiger partial charge in [0.25, 0.3) is 0 Å². The molecule has 0 unspecified atom stereocenters. The third-order valence-corrected chi connectivity index (χ3v) is 3.90. The zero-order chi connectivity index (χ0) is 13.1. The number of hydrogen-bond donors (Lipinski definition) is 1. The molecule has 2 aliphatic rings. The molecule has 2 saturated carbocycles. The summed E-state index contributed by atoms with van der Waals surface area (Å²) in [6.07, 6.45) is 9.49. The van der Waals surface area contributed by atoms with Crippen LogP contribution in [0.15, 0.2) is 12.4 Å². The minimum absolute atomic E-state index is 0.863. The highest BCUT2D eigenvalue weighted by molar-refractivity contribution is 5.31. The summed E-state index contributed by atoms with van der Waals surface area (Å²) >= 11 is 0. The molecule has 0 bridgehead atoms. The van der Waals surface area contributed by atoms with Gasteiger partial charge in [-0.05, 0) is 44.1 Å². The first kappa shape index (κ1) is 12.9. The average Bonchev–Trinajstić information content (AvgIpc) is 3.31. The van der Waals surface area contributed by atoms with Crippen LogP contribution in [0.1, 0.15) is 38.2 Å². The van der Waals surface area contributed by atoms with Crippen LogP contribution in [0, 0.1) is 11.8 Å². The largest absolute Gasteiger partial charge is 0.340 e. The van der Waals surface area contributed by atoms with Crippen LogP contribution in [0.25, 0.3) is 0 Å². The minimum Gasteiger partial charge on any atom is -0.340 e. The monoisotopic (exact) mass is 260 g/mol. The van der Waals surface area contributed by atoms with E-state index < -0.39 is 0 Å². The second kappa shape index (κ2) is 5.87. The van der Waals surface area contributed by atoms with E-state index in [9.17, 15) is 0 Å². The number of rotatable bonds is 8. The molecule has 104 valence electrons. The lowest BCUT2D eigenvalue weighted by molar-refractivity contribution is 0.658. The van der Waals surface area contributed by atoms with Crippen molar-refractivity contribution in [3.05, 3.63) is 18.0 Å². The summed E-state index contributed by atoms with van der Waals surface area (Å²) in [6, 6.07) is 0. The number of nitrogens with zero attached hydrogens (tertiary/aromatic N) is 3. The topological polar surface area (TPSA) is 41.1 Å². The van der Waals surface area contributed by atoms with E-state index in [2.05, 4.69) is 27.1 Å². The molecule has 1 N–H and O–H groups in total. The lowest BCUT2D eigenvalue weighted by Crippen LogP contribution is -2.29. The maximum absolute atomic E-state index is 4.57. The number of nitrogens with one attached hydrogen (secondary N) is 1. The van der Waals surface area contributed by atoms with Crippen molar-refractivity contribution in [1.29, 1.82) is 0 Å². The molecule has 2 fully saturated rings. The van der Waals surface area contributed by atoms with E-state index >= 15 is 0 Å². The quantitative estimate of drug-likeness (QED) is 0.778. The standard InChI is InChI=1S/C15H24N4/c1-2-16-7-14-8-17-15(18-9-14)19(10-12-3-4-12)11-13-5-6-13/h8-9,12-13,16H,2-7,10-11H2,1H3. The van der Waals surface area contributed by atoms with Gasteiger partial charge in [-0.2, -0.15) is 0 Å². The van der Waals surface area contributed by atoms with Crippen molar-refractivity contribution in [1.82, 2.24) is 15.3 Å².